The second-order valence-corrected chi connectivity index (χ2v) is 9.46. The van der Waals surface area contributed by atoms with Gasteiger partial charge in [-0.25, -0.2) is 4.79 Å². The molecule has 1 amide bonds. The highest BCUT2D eigenvalue weighted by molar-refractivity contribution is 6.40. The lowest BCUT2D eigenvalue weighted by molar-refractivity contribution is -0.605. The summed E-state index contributed by atoms with van der Waals surface area (Å²) in [6, 6.07) is 5.81. The van der Waals surface area contributed by atoms with Crippen molar-refractivity contribution in [3.8, 4) is 0 Å². The molecule has 1 unspecified atom stereocenters. The minimum absolute atomic E-state index is 0.0189. The quantitative estimate of drug-likeness (QED) is 0.389. The first kappa shape index (κ1) is 24.0. The van der Waals surface area contributed by atoms with Crippen LogP contribution in [0, 0.1) is 10.6 Å². The van der Waals surface area contributed by atoms with Crippen LogP contribution < -0.4 is 15.4 Å². The molecule has 1 saturated carbocycles. The lowest BCUT2D eigenvalue weighted by Gasteiger charge is -2.44. The Labute approximate surface area is 206 Å². The van der Waals surface area contributed by atoms with Gasteiger partial charge in [0.25, 0.3) is 5.91 Å². The molecule has 2 aliphatic carbocycles. The molecular formula is C24H23Cl2N3O5. The highest BCUT2D eigenvalue weighted by Crippen LogP contribution is 2.48. The average Bonchev–Trinajstić information content (AvgIpc) is 2.79. The largest absolute Gasteiger partial charge is 0.619 e. The maximum Gasteiger partial charge on any atom is 0.326 e. The average molecular weight is 504 g/mol. The fraction of sp³-hybridized carbons (Fsp3) is 0.333. The Morgan fingerprint density at radius 3 is 2.26 bits per heavy atom. The Hall–Kier alpha value is -3.10. The summed E-state index contributed by atoms with van der Waals surface area (Å²) in [6.45, 7) is 0. The molecule has 1 heterocycles. The van der Waals surface area contributed by atoms with Gasteiger partial charge in [-0.3, -0.25) is 9.59 Å². The summed E-state index contributed by atoms with van der Waals surface area (Å²) in [5.74, 6) is -1.50. The molecule has 0 radical (unpaired) electrons. The number of carboxylic acids is 1. The van der Waals surface area contributed by atoms with Gasteiger partial charge in [-0.15, -0.1) is 0 Å². The van der Waals surface area contributed by atoms with Crippen molar-refractivity contribution in [3.63, 3.8) is 0 Å². The van der Waals surface area contributed by atoms with Crippen LogP contribution in [0.5, 0.6) is 0 Å². The highest BCUT2D eigenvalue weighted by atomic mass is 35.5. The molecule has 3 N–H and O–H groups in total. The number of carbonyl (C=O) groups excluding carboxylic acids is 2. The lowest BCUT2D eigenvalue weighted by atomic mass is 9.62. The number of nitrogens with one attached hydrogen (secondary N) is 2. The van der Waals surface area contributed by atoms with Crippen molar-refractivity contribution in [2.45, 2.75) is 44.6 Å². The minimum atomic E-state index is -1.01. The predicted molar refractivity (Wildman–Crippen MR) is 127 cm³/mol. The smallest absolute Gasteiger partial charge is 0.326 e. The SMILES string of the molecule is O=C(Nc1ccc(CC(NC2=CC(=O)C23CCCCC3)C(=O)O)cc1)c1c(Cl)c[n+]([O-])cc1Cl. The summed E-state index contributed by atoms with van der Waals surface area (Å²) >= 11 is 11.9. The second-order valence-electron chi connectivity index (χ2n) is 8.64. The van der Waals surface area contributed by atoms with Crippen LogP contribution >= 0.6 is 23.2 Å². The Balaban J connectivity index is 1.42. The molecular weight excluding hydrogens is 481 g/mol. The summed E-state index contributed by atoms with van der Waals surface area (Å²) in [5, 5.41) is 26.7. The van der Waals surface area contributed by atoms with Crippen LogP contribution in [0.2, 0.25) is 10.0 Å². The molecule has 1 aromatic heterocycles. The minimum Gasteiger partial charge on any atom is -0.619 e. The molecule has 1 aromatic carbocycles. The standard InChI is InChI=1S/C24H23Cl2N3O5/c25-16-12-29(34)13-17(26)21(16)22(31)27-15-6-4-14(5-7-15)10-18(23(32)33)28-19-11-20(30)24(19)8-2-1-3-9-24/h4-7,11-13,18,28H,1-3,8-10H2,(H,27,31)(H,32,33). The number of ketones is 1. The van der Waals surface area contributed by atoms with E-state index in [1.807, 2.05) is 0 Å². The van der Waals surface area contributed by atoms with E-state index in [0.717, 1.165) is 55.8 Å². The van der Waals surface area contributed by atoms with Gasteiger partial charge in [0.15, 0.2) is 18.2 Å². The van der Waals surface area contributed by atoms with Gasteiger partial charge in [0, 0.05) is 23.9 Å². The number of carboxylic acid groups (broad SMARTS) is 1. The number of rotatable bonds is 7. The van der Waals surface area contributed by atoms with Gasteiger partial charge in [0.1, 0.15) is 16.1 Å². The summed E-state index contributed by atoms with van der Waals surface area (Å²) in [6.07, 6.45) is 8.33. The molecule has 10 heteroatoms. The third-order valence-corrected chi connectivity index (χ3v) is 7.01. The first-order valence-electron chi connectivity index (χ1n) is 10.9. The van der Waals surface area contributed by atoms with Crippen molar-refractivity contribution >= 4 is 46.5 Å². The van der Waals surface area contributed by atoms with Crippen molar-refractivity contribution in [3.05, 3.63) is 74.8 Å². The van der Waals surface area contributed by atoms with E-state index < -0.39 is 23.3 Å². The van der Waals surface area contributed by atoms with Crippen molar-refractivity contribution in [1.29, 1.82) is 0 Å². The molecule has 0 aliphatic heterocycles. The fourth-order valence-corrected chi connectivity index (χ4v) is 5.19. The number of benzene rings is 1. The van der Waals surface area contributed by atoms with Gasteiger partial charge < -0.3 is 20.9 Å². The van der Waals surface area contributed by atoms with Crippen LogP contribution in [0.25, 0.3) is 0 Å². The molecule has 1 atom stereocenters. The van der Waals surface area contributed by atoms with Gasteiger partial charge >= 0.3 is 5.97 Å². The van der Waals surface area contributed by atoms with Crippen LogP contribution in [0.15, 0.2) is 48.4 Å². The van der Waals surface area contributed by atoms with Crippen LogP contribution in [-0.2, 0) is 16.0 Å². The molecule has 1 spiro atoms. The van der Waals surface area contributed by atoms with Gasteiger partial charge in [-0.05, 0) is 30.5 Å². The Morgan fingerprint density at radius 2 is 1.71 bits per heavy atom. The first-order valence-corrected chi connectivity index (χ1v) is 11.7. The third-order valence-electron chi connectivity index (χ3n) is 6.44. The van der Waals surface area contributed by atoms with Crippen LogP contribution in [0.3, 0.4) is 0 Å². The van der Waals surface area contributed by atoms with E-state index in [1.54, 1.807) is 24.3 Å². The zero-order valence-electron chi connectivity index (χ0n) is 18.1. The Bertz CT molecular complexity index is 1150. The van der Waals surface area contributed by atoms with E-state index in [0.29, 0.717) is 10.4 Å². The molecule has 4 rings (SSSR count). The fourth-order valence-electron chi connectivity index (χ4n) is 4.58. The molecule has 0 bridgehead atoms. The topological polar surface area (TPSA) is 122 Å². The van der Waals surface area contributed by atoms with Crippen LogP contribution in [0.1, 0.15) is 48.0 Å². The molecule has 8 nitrogen and oxygen atoms in total. The number of anilines is 1. The van der Waals surface area contributed by atoms with E-state index in [4.69, 9.17) is 23.2 Å². The zero-order chi connectivity index (χ0) is 24.5. The Kier molecular flexibility index (Phi) is 6.81. The van der Waals surface area contributed by atoms with Crippen molar-refractivity contribution < 1.29 is 24.2 Å². The van der Waals surface area contributed by atoms with Crippen molar-refractivity contribution in [2.75, 3.05) is 5.32 Å². The molecule has 2 aliphatic rings. The normalized spacial score (nSPS) is 17.5. The van der Waals surface area contributed by atoms with Gasteiger partial charge in [0.2, 0.25) is 0 Å². The monoisotopic (exact) mass is 503 g/mol. The number of carbonyl (C=O) groups is 3. The molecule has 34 heavy (non-hydrogen) atoms. The summed E-state index contributed by atoms with van der Waals surface area (Å²) in [4.78, 5) is 36.7. The van der Waals surface area contributed by atoms with E-state index >= 15 is 0 Å². The number of amides is 1. The lowest BCUT2D eigenvalue weighted by Crippen LogP contribution is -2.51. The number of allylic oxidation sites excluding steroid dienone is 2. The number of aliphatic carboxylic acids is 1. The first-order chi connectivity index (χ1) is 16.2. The van der Waals surface area contributed by atoms with Crippen molar-refractivity contribution in [1.82, 2.24) is 5.32 Å². The predicted octanol–water partition coefficient (Wildman–Crippen LogP) is 3.88. The molecule has 1 fully saturated rings. The number of nitrogens with zero attached hydrogens (tertiary/aromatic N) is 1. The number of hydrogen-bond acceptors (Lipinski definition) is 5. The van der Waals surface area contributed by atoms with E-state index in [-0.39, 0.29) is 27.8 Å². The van der Waals surface area contributed by atoms with Gasteiger partial charge in [-0.2, -0.15) is 4.73 Å². The maximum atomic E-state index is 12.5. The zero-order valence-corrected chi connectivity index (χ0v) is 19.7. The molecule has 0 saturated heterocycles. The number of aromatic nitrogens is 1. The van der Waals surface area contributed by atoms with Gasteiger partial charge in [0.05, 0.1) is 11.0 Å². The van der Waals surface area contributed by atoms with Crippen LogP contribution in [-0.4, -0.2) is 28.8 Å². The molecule has 178 valence electrons. The summed E-state index contributed by atoms with van der Waals surface area (Å²) < 4.78 is 0.412. The maximum absolute atomic E-state index is 12.5. The third kappa shape index (κ3) is 4.74. The number of halogens is 2. The Morgan fingerprint density at radius 1 is 1.09 bits per heavy atom. The van der Waals surface area contributed by atoms with Gasteiger partial charge in [-0.1, -0.05) is 54.6 Å². The molecule has 2 aromatic rings. The summed E-state index contributed by atoms with van der Waals surface area (Å²) in [7, 11) is 0. The number of pyridine rings is 1. The van der Waals surface area contributed by atoms with Crippen LogP contribution in [0.4, 0.5) is 5.69 Å². The highest BCUT2D eigenvalue weighted by Gasteiger charge is 2.49. The van der Waals surface area contributed by atoms with E-state index in [1.165, 1.54) is 6.08 Å². The summed E-state index contributed by atoms with van der Waals surface area (Å²) in [5.41, 5.74) is 1.36. The van der Waals surface area contributed by atoms with E-state index in [2.05, 4.69) is 10.6 Å². The van der Waals surface area contributed by atoms with E-state index in [9.17, 15) is 24.7 Å². The number of hydrogen-bond donors (Lipinski definition) is 3. The second kappa shape index (κ2) is 9.64. The van der Waals surface area contributed by atoms with Crippen molar-refractivity contribution in [2.24, 2.45) is 5.41 Å².